The highest BCUT2D eigenvalue weighted by atomic mass is 32.2. The SMILES string of the molecule is COc1cccc(CCNS(=O)(=O)CCNC(=O)c2ccc3c(c2)OCO3)c1. The highest BCUT2D eigenvalue weighted by Gasteiger charge is 2.17. The first kappa shape index (κ1) is 20.0. The molecule has 1 aliphatic rings. The molecule has 0 radical (unpaired) electrons. The lowest BCUT2D eigenvalue weighted by atomic mass is 10.1. The van der Waals surface area contributed by atoms with Crippen LogP contribution in [0, 0.1) is 0 Å². The zero-order chi connectivity index (χ0) is 20.0. The summed E-state index contributed by atoms with van der Waals surface area (Å²) >= 11 is 0. The molecule has 0 aliphatic carbocycles. The van der Waals surface area contributed by atoms with Gasteiger partial charge < -0.3 is 19.5 Å². The smallest absolute Gasteiger partial charge is 0.251 e. The number of nitrogens with one attached hydrogen (secondary N) is 2. The van der Waals surface area contributed by atoms with Crippen molar-refractivity contribution in [2.45, 2.75) is 6.42 Å². The lowest BCUT2D eigenvalue weighted by Crippen LogP contribution is -2.35. The van der Waals surface area contributed by atoms with Crippen LogP contribution in [0.2, 0.25) is 0 Å². The third-order valence-corrected chi connectivity index (χ3v) is 5.55. The molecule has 1 amide bonds. The summed E-state index contributed by atoms with van der Waals surface area (Å²) in [5.74, 6) is 1.23. The Bertz CT molecular complexity index is 945. The highest BCUT2D eigenvalue weighted by molar-refractivity contribution is 7.89. The molecule has 9 heteroatoms. The van der Waals surface area contributed by atoms with E-state index in [9.17, 15) is 13.2 Å². The summed E-state index contributed by atoms with van der Waals surface area (Å²) in [5.41, 5.74) is 1.35. The molecule has 1 aliphatic heterocycles. The van der Waals surface area contributed by atoms with Crippen molar-refractivity contribution in [2.24, 2.45) is 0 Å². The standard InChI is InChI=1S/C19H22N2O6S/c1-25-16-4-2-3-14(11-16)7-8-21-28(23,24)10-9-20-19(22)15-5-6-17-18(12-15)27-13-26-17/h2-6,11-12,21H,7-10,13H2,1H3,(H,20,22). The summed E-state index contributed by atoms with van der Waals surface area (Å²) in [7, 11) is -1.91. The van der Waals surface area contributed by atoms with E-state index in [0.29, 0.717) is 23.5 Å². The van der Waals surface area contributed by atoms with E-state index >= 15 is 0 Å². The Kier molecular flexibility index (Phi) is 6.37. The molecular weight excluding hydrogens is 384 g/mol. The minimum absolute atomic E-state index is 0.00175. The lowest BCUT2D eigenvalue weighted by molar-refractivity contribution is 0.0955. The van der Waals surface area contributed by atoms with Gasteiger partial charge in [0.25, 0.3) is 5.91 Å². The second-order valence-electron chi connectivity index (χ2n) is 6.14. The lowest BCUT2D eigenvalue weighted by Gasteiger charge is -2.09. The van der Waals surface area contributed by atoms with Crippen LogP contribution in [0.25, 0.3) is 0 Å². The minimum Gasteiger partial charge on any atom is -0.497 e. The zero-order valence-electron chi connectivity index (χ0n) is 15.4. The number of ether oxygens (including phenoxy) is 3. The molecule has 0 bridgehead atoms. The summed E-state index contributed by atoms with van der Waals surface area (Å²) in [4.78, 5) is 12.2. The van der Waals surface area contributed by atoms with Crippen molar-refractivity contribution < 1.29 is 27.4 Å². The van der Waals surface area contributed by atoms with Gasteiger partial charge in [0.1, 0.15) is 5.75 Å². The van der Waals surface area contributed by atoms with E-state index in [-0.39, 0.29) is 31.5 Å². The molecule has 8 nitrogen and oxygen atoms in total. The molecule has 0 fully saturated rings. The number of rotatable bonds is 9. The number of sulfonamides is 1. The van der Waals surface area contributed by atoms with Crippen molar-refractivity contribution in [1.29, 1.82) is 0 Å². The van der Waals surface area contributed by atoms with Gasteiger partial charge in [0.05, 0.1) is 12.9 Å². The molecule has 0 saturated heterocycles. The molecule has 0 aromatic heterocycles. The molecule has 0 unspecified atom stereocenters. The Morgan fingerprint density at radius 3 is 2.75 bits per heavy atom. The molecule has 1 heterocycles. The number of amides is 1. The number of hydrogen-bond donors (Lipinski definition) is 2. The first-order chi connectivity index (χ1) is 13.5. The van der Waals surface area contributed by atoms with E-state index in [1.54, 1.807) is 25.3 Å². The zero-order valence-corrected chi connectivity index (χ0v) is 16.3. The average molecular weight is 406 g/mol. The average Bonchev–Trinajstić information content (AvgIpc) is 3.15. The summed E-state index contributed by atoms with van der Waals surface area (Å²) in [6.07, 6.45) is 0.542. The van der Waals surface area contributed by atoms with Gasteiger partial charge in [-0.2, -0.15) is 0 Å². The summed E-state index contributed by atoms with van der Waals surface area (Å²) in [6, 6.07) is 12.3. The van der Waals surface area contributed by atoms with Crippen LogP contribution in [0.15, 0.2) is 42.5 Å². The van der Waals surface area contributed by atoms with E-state index in [4.69, 9.17) is 14.2 Å². The third-order valence-electron chi connectivity index (χ3n) is 4.16. The fourth-order valence-corrected chi connectivity index (χ4v) is 3.62. The van der Waals surface area contributed by atoms with Gasteiger partial charge in [-0.05, 0) is 42.3 Å². The van der Waals surface area contributed by atoms with Gasteiger partial charge in [-0.1, -0.05) is 12.1 Å². The second kappa shape index (κ2) is 8.94. The van der Waals surface area contributed by atoms with Crippen LogP contribution < -0.4 is 24.2 Å². The van der Waals surface area contributed by atoms with Crippen LogP contribution in [-0.4, -0.2) is 47.1 Å². The van der Waals surface area contributed by atoms with Gasteiger partial charge >= 0.3 is 0 Å². The number of carbonyl (C=O) groups excluding carboxylic acids is 1. The maximum absolute atomic E-state index is 12.2. The van der Waals surface area contributed by atoms with Crippen molar-refractivity contribution in [1.82, 2.24) is 10.0 Å². The van der Waals surface area contributed by atoms with Gasteiger partial charge in [-0.25, -0.2) is 13.1 Å². The van der Waals surface area contributed by atoms with E-state index in [1.807, 2.05) is 24.3 Å². The van der Waals surface area contributed by atoms with Crippen molar-refractivity contribution in [3.05, 3.63) is 53.6 Å². The van der Waals surface area contributed by atoms with Crippen molar-refractivity contribution in [3.63, 3.8) is 0 Å². The monoisotopic (exact) mass is 406 g/mol. The van der Waals surface area contributed by atoms with Crippen molar-refractivity contribution >= 4 is 15.9 Å². The molecule has 0 saturated carbocycles. The van der Waals surface area contributed by atoms with Gasteiger partial charge in [0.15, 0.2) is 11.5 Å². The van der Waals surface area contributed by atoms with E-state index in [0.717, 1.165) is 11.3 Å². The number of carbonyl (C=O) groups is 1. The molecule has 2 aromatic carbocycles. The quantitative estimate of drug-likeness (QED) is 0.651. The summed E-state index contributed by atoms with van der Waals surface area (Å²) in [5, 5.41) is 2.60. The van der Waals surface area contributed by atoms with Crippen LogP contribution in [0.4, 0.5) is 0 Å². The predicted octanol–water partition coefficient (Wildman–Crippen LogP) is 1.32. The third kappa shape index (κ3) is 5.37. The first-order valence-electron chi connectivity index (χ1n) is 8.75. The van der Waals surface area contributed by atoms with Crippen LogP contribution in [0.5, 0.6) is 17.2 Å². The Balaban J connectivity index is 1.42. The van der Waals surface area contributed by atoms with Crippen LogP contribution in [0.3, 0.4) is 0 Å². The molecule has 3 rings (SSSR count). The van der Waals surface area contributed by atoms with Crippen molar-refractivity contribution in [2.75, 3.05) is 32.7 Å². The molecule has 2 aromatic rings. The second-order valence-corrected chi connectivity index (χ2v) is 8.07. The largest absolute Gasteiger partial charge is 0.497 e. The molecule has 150 valence electrons. The molecule has 0 atom stereocenters. The molecular formula is C19H22N2O6S. The maximum Gasteiger partial charge on any atom is 0.251 e. The predicted molar refractivity (Wildman–Crippen MR) is 103 cm³/mol. The Morgan fingerprint density at radius 1 is 1.11 bits per heavy atom. The van der Waals surface area contributed by atoms with Gasteiger partial charge in [0, 0.05) is 18.7 Å². The van der Waals surface area contributed by atoms with Gasteiger partial charge in [-0.3, -0.25) is 4.79 Å². The van der Waals surface area contributed by atoms with Gasteiger partial charge in [0.2, 0.25) is 16.8 Å². The summed E-state index contributed by atoms with van der Waals surface area (Å²) < 4.78 is 42.3. The van der Waals surface area contributed by atoms with E-state index in [1.165, 1.54) is 0 Å². The molecule has 28 heavy (non-hydrogen) atoms. The number of fused-ring (bicyclic) bond motifs is 1. The molecule has 2 N–H and O–H groups in total. The number of benzene rings is 2. The molecule has 0 spiro atoms. The Hall–Kier alpha value is -2.78. The fourth-order valence-electron chi connectivity index (χ4n) is 2.69. The minimum atomic E-state index is -3.50. The highest BCUT2D eigenvalue weighted by Crippen LogP contribution is 2.32. The van der Waals surface area contributed by atoms with Gasteiger partial charge in [-0.15, -0.1) is 0 Å². The van der Waals surface area contributed by atoms with Crippen molar-refractivity contribution in [3.8, 4) is 17.2 Å². The van der Waals surface area contributed by atoms with Crippen LogP contribution in [-0.2, 0) is 16.4 Å². The Labute approximate surface area is 163 Å². The van der Waals surface area contributed by atoms with Crippen LogP contribution in [0.1, 0.15) is 15.9 Å². The van der Waals surface area contributed by atoms with E-state index in [2.05, 4.69) is 10.0 Å². The Morgan fingerprint density at radius 2 is 1.93 bits per heavy atom. The number of hydrogen-bond acceptors (Lipinski definition) is 6. The first-order valence-corrected chi connectivity index (χ1v) is 10.4. The number of methoxy groups -OCH3 is 1. The summed E-state index contributed by atoms with van der Waals surface area (Å²) in [6.45, 7) is 0.396. The van der Waals surface area contributed by atoms with E-state index < -0.39 is 10.0 Å². The fraction of sp³-hybridized carbons (Fsp3) is 0.316. The maximum atomic E-state index is 12.2. The van der Waals surface area contributed by atoms with Crippen LogP contribution >= 0.6 is 0 Å². The topological polar surface area (TPSA) is 103 Å². The normalized spacial score (nSPS) is 12.6.